The van der Waals surface area contributed by atoms with Crippen molar-refractivity contribution in [3.05, 3.63) is 35.9 Å². The second kappa shape index (κ2) is 13.2. The van der Waals surface area contributed by atoms with Crippen molar-refractivity contribution in [2.75, 3.05) is 6.54 Å². The fraction of sp³-hybridized carbons (Fsp3) is 0.478. The Morgan fingerprint density at radius 2 is 1.67 bits per heavy atom. The number of nitrogens with two attached hydrogens (primary N) is 3. The third-order valence-corrected chi connectivity index (χ3v) is 5.79. The minimum absolute atomic E-state index is 0.0441. The normalized spacial score (nSPS) is 17.5. The fourth-order valence-corrected chi connectivity index (χ4v) is 3.96. The molecule has 0 aromatic heterocycles. The Bertz CT molecular complexity index is 986. The summed E-state index contributed by atoms with van der Waals surface area (Å²) in [5.74, 6) is -4.82. The van der Waals surface area contributed by atoms with Gasteiger partial charge < -0.3 is 37.8 Å². The van der Waals surface area contributed by atoms with Gasteiger partial charge in [-0.15, -0.1) is 0 Å². The molecule has 196 valence electrons. The zero-order chi connectivity index (χ0) is 26.8. The van der Waals surface area contributed by atoms with Gasteiger partial charge in [-0.25, -0.2) is 4.79 Å². The maximum Gasteiger partial charge on any atom is 0.326 e. The molecule has 1 fully saturated rings. The van der Waals surface area contributed by atoms with Gasteiger partial charge in [-0.1, -0.05) is 30.3 Å². The molecule has 9 N–H and O–H groups in total. The molecule has 36 heavy (non-hydrogen) atoms. The molecule has 13 nitrogen and oxygen atoms in total. The number of aliphatic carboxylic acids is 1. The van der Waals surface area contributed by atoms with E-state index in [0.29, 0.717) is 18.4 Å². The Labute approximate surface area is 207 Å². The van der Waals surface area contributed by atoms with Gasteiger partial charge in [-0.2, -0.15) is 0 Å². The molecule has 13 heteroatoms. The van der Waals surface area contributed by atoms with Gasteiger partial charge in [0.15, 0.2) is 0 Å². The van der Waals surface area contributed by atoms with Gasteiger partial charge in [0.1, 0.15) is 18.1 Å². The number of rotatable bonds is 13. The average Bonchev–Trinajstić information content (AvgIpc) is 3.30. The molecule has 0 aliphatic carbocycles. The monoisotopic (exact) mass is 504 g/mol. The van der Waals surface area contributed by atoms with E-state index < -0.39 is 59.7 Å². The number of nitrogens with one attached hydrogen (secondary N) is 2. The van der Waals surface area contributed by atoms with Crippen LogP contribution in [0.3, 0.4) is 0 Å². The maximum atomic E-state index is 13.1. The van der Waals surface area contributed by atoms with E-state index >= 15 is 0 Å². The van der Waals surface area contributed by atoms with Crippen molar-refractivity contribution in [2.45, 2.75) is 62.7 Å². The highest BCUT2D eigenvalue weighted by Gasteiger charge is 2.38. The van der Waals surface area contributed by atoms with Crippen molar-refractivity contribution in [1.29, 1.82) is 0 Å². The van der Waals surface area contributed by atoms with Crippen molar-refractivity contribution >= 4 is 35.5 Å². The van der Waals surface area contributed by atoms with Crippen LogP contribution in [0.5, 0.6) is 0 Å². The van der Waals surface area contributed by atoms with Crippen LogP contribution in [-0.2, 0) is 35.2 Å². The molecule has 0 saturated carbocycles. The Balaban J connectivity index is 2.18. The molecule has 1 aromatic carbocycles. The Morgan fingerprint density at radius 3 is 2.25 bits per heavy atom. The molecule has 1 aromatic rings. The van der Waals surface area contributed by atoms with Crippen LogP contribution in [0.2, 0.25) is 0 Å². The number of benzene rings is 1. The van der Waals surface area contributed by atoms with E-state index in [-0.39, 0.29) is 32.2 Å². The summed E-state index contributed by atoms with van der Waals surface area (Å²) in [6.45, 7) is 0.243. The Kier molecular flexibility index (Phi) is 10.3. The first-order valence-corrected chi connectivity index (χ1v) is 11.5. The van der Waals surface area contributed by atoms with Gasteiger partial charge in [-0.3, -0.25) is 24.0 Å². The first kappa shape index (κ1) is 28.2. The van der Waals surface area contributed by atoms with Crippen LogP contribution < -0.4 is 27.8 Å². The van der Waals surface area contributed by atoms with Gasteiger partial charge in [-0.05, 0) is 24.8 Å². The van der Waals surface area contributed by atoms with Crippen molar-refractivity contribution in [1.82, 2.24) is 15.5 Å². The third-order valence-electron chi connectivity index (χ3n) is 5.79. The van der Waals surface area contributed by atoms with Crippen LogP contribution in [0.1, 0.15) is 37.7 Å². The molecule has 4 unspecified atom stereocenters. The number of carboxylic acid groups (broad SMARTS) is 1. The SMILES string of the molecule is NC(=O)CCC(NC(=O)C(Cc1ccccc1)NC(=O)C1CCCN1C(=O)C(N)CC(N)=O)C(=O)O. The lowest BCUT2D eigenvalue weighted by Crippen LogP contribution is -2.57. The summed E-state index contributed by atoms with van der Waals surface area (Å²) in [6.07, 6.45) is 0.0313. The maximum absolute atomic E-state index is 13.1. The summed E-state index contributed by atoms with van der Waals surface area (Å²) in [6, 6.07) is 4.06. The highest BCUT2D eigenvalue weighted by atomic mass is 16.4. The van der Waals surface area contributed by atoms with E-state index in [1.165, 1.54) is 4.90 Å². The molecule has 1 heterocycles. The second-order valence-electron chi connectivity index (χ2n) is 8.62. The van der Waals surface area contributed by atoms with Crippen LogP contribution in [-0.4, -0.2) is 76.2 Å². The minimum Gasteiger partial charge on any atom is -0.480 e. The zero-order valence-corrected chi connectivity index (χ0v) is 19.7. The largest absolute Gasteiger partial charge is 0.480 e. The summed E-state index contributed by atoms with van der Waals surface area (Å²) in [5.41, 5.74) is 16.7. The molecule has 0 radical (unpaired) electrons. The molecule has 4 atom stereocenters. The smallest absolute Gasteiger partial charge is 0.326 e. The molecular weight excluding hydrogens is 472 g/mol. The first-order valence-electron chi connectivity index (χ1n) is 11.5. The van der Waals surface area contributed by atoms with E-state index in [4.69, 9.17) is 17.2 Å². The van der Waals surface area contributed by atoms with Crippen LogP contribution in [0.15, 0.2) is 30.3 Å². The first-order chi connectivity index (χ1) is 17.0. The summed E-state index contributed by atoms with van der Waals surface area (Å²) in [5, 5.41) is 14.4. The Hall–Kier alpha value is -4.00. The van der Waals surface area contributed by atoms with Crippen molar-refractivity contribution in [3.63, 3.8) is 0 Å². The molecule has 1 aliphatic rings. The fourth-order valence-electron chi connectivity index (χ4n) is 3.96. The summed E-state index contributed by atoms with van der Waals surface area (Å²) >= 11 is 0. The highest BCUT2D eigenvalue weighted by Crippen LogP contribution is 2.19. The molecule has 1 aliphatic heterocycles. The number of nitrogens with zero attached hydrogens (tertiary/aromatic N) is 1. The topological polar surface area (TPSA) is 228 Å². The molecule has 0 spiro atoms. The standard InChI is InChI=1S/C23H32N6O7/c24-14(12-19(26)31)22(34)29-10-4-7-17(29)21(33)28-16(11-13-5-2-1-3-6-13)20(32)27-15(23(35)36)8-9-18(25)30/h1-3,5-6,14-17H,4,7-12,24H2,(H2,25,30)(H2,26,31)(H,27,32)(H,28,33)(H,35,36). The number of carboxylic acids is 1. The summed E-state index contributed by atoms with van der Waals surface area (Å²) < 4.78 is 0. The molecular formula is C23H32N6O7. The number of carbonyl (C=O) groups is 6. The number of amides is 5. The van der Waals surface area contributed by atoms with E-state index in [0.717, 1.165) is 0 Å². The van der Waals surface area contributed by atoms with Crippen molar-refractivity contribution < 1.29 is 33.9 Å². The number of carbonyl (C=O) groups excluding carboxylic acids is 5. The van der Waals surface area contributed by atoms with Gasteiger partial charge >= 0.3 is 5.97 Å². The second-order valence-corrected chi connectivity index (χ2v) is 8.62. The van der Waals surface area contributed by atoms with Crippen molar-refractivity contribution in [2.24, 2.45) is 17.2 Å². The zero-order valence-electron chi connectivity index (χ0n) is 19.7. The number of primary amides is 2. The van der Waals surface area contributed by atoms with Gasteiger partial charge in [0.2, 0.25) is 29.5 Å². The van der Waals surface area contributed by atoms with Crippen LogP contribution in [0, 0.1) is 0 Å². The van der Waals surface area contributed by atoms with Crippen LogP contribution in [0.4, 0.5) is 0 Å². The van der Waals surface area contributed by atoms with E-state index in [1.54, 1.807) is 30.3 Å². The van der Waals surface area contributed by atoms with Crippen LogP contribution in [0.25, 0.3) is 0 Å². The van der Waals surface area contributed by atoms with Crippen molar-refractivity contribution in [3.8, 4) is 0 Å². The van der Waals surface area contributed by atoms with E-state index in [1.807, 2.05) is 0 Å². The lowest BCUT2D eigenvalue weighted by Gasteiger charge is -2.28. The lowest BCUT2D eigenvalue weighted by atomic mass is 10.0. The predicted molar refractivity (Wildman–Crippen MR) is 127 cm³/mol. The quantitative estimate of drug-likeness (QED) is 0.171. The van der Waals surface area contributed by atoms with E-state index in [2.05, 4.69) is 10.6 Å². The van der Waals surface area contributed by atoms with Gasteiger partial charge in [0, 0.05) is 19.4 Å². The number of likely N-dealkylation sites (tertiary alicyclic amines) is 1. The number of hydrogen-bond acceptors (Lipinski definition) is 7. The predicted octanol–water partition coefficient (Wildman–Crippen LogP) is -2.26. The minimum atomic E-state index is -1.39. The molecule has 1 saturated heterocycles. The molecule has 2 rings (SSSR count). The van der Waals surface area contributed by atoms with E-state index in [9.17, 15) is 33.9 Å². The summed E-state index contributed by atoms with van der Waals surface area (Å²) in [7, 11) is 0. The lowest BCUT2D eigenvalue weighted by molar-refractivity contribution is -0.143. The van der Waals surface area contributed by atoms with Gasteiger partial charge in [0.25, 0.3) is 0 Å². The molecule has 0 bridgehead atoms. The Morgan fingerprint density at radius 1 is 1.00 bits per heavy atom. The molecule has 5 amide bonds. The number of hydrogen-bond donors (Lipinski definition) is 6. The third kappa shape index (κ3) is 8.34. The highest BCUT2D eigenvalue weighted by molar-refractivity contribution is 5.95. The summed E-state index contributed by atoms with van der Waals surface area (Å²) in [4.78, 5) is 73.9. The average molecular weight is 505 g/mol. The van der Waals surface area contributed by atoms with Crippen LogP contribution >= 0.6 is 0 Å². The van der Waals surface area contributed by atoms with Gasteiger partial charge in [0.05, 0.1) is 12.5 Å².